The fourth-order valence-corrected chi connectivity index (χ4v) is 2.43. The van der Waals surface area contributed by atoms with Crippen LogP contribution in [0, 0.1) is 5.92 Å². The normalized spacial score (nSPS) is 23.1. The third kappa shape index (κ3) is 6.48. The number of carbonyl (C=O) groups is 1. The molecule has 0 aromatic heterocycles. The number of carbonyl (C=O) groups excluding carboxylic acids is 1. The van der Waals surface area contributed by atoms with E-state index in [-0.39, 0.29) is 6.04 Å². The minimum absolute atomic E-state index is 0.144. The van der Waals surface area contributed by atoms with Gasteiger partial charge in [0, 0.05) is 25.8 Å². The standard InChI is InChI=1S/C12H25N3O2/c1-15(2)9-11(14-12(13)16)8-10-4-3-6-17-7-5-10/h10-11H,3-9H2,1-2H3,(H3,13,14,16)/t10?,11-/m0/s1. The number of ether oxygens (including phenoxy) is 1. The molecular formula is C12H25N3O2. The topological polar surface area (TPSA) is 67.6 Å². The van der Waals surface area contributed by atoms with Crippen LogP contribution in [0.15, 0.2) is 0 Å². The van der Waals surface area contributed by atoms with E-state index in [1.165, 1.54) is 6.42 Å². The smallest absolute Gasteiger partial charge is 0.312 e. The van der Waals surface area contributed by atoms with Crippen LogP contribution in [-0.4, -0.2) is 50.8 Å². The molecular weight excluding hydrogens is 218 g/mol. The highest BCUT2D eigenvalue weighted by Gasteiger charge is 2.19. The van der Waals surface area contributed by atoms with Gasteiger partial charge in [-0.15, -0.1) is 0 Å². The van der Waals surface area contributed by atoms with Gasteiger partial charge in [0.2, 0.25) is 0 Å². The first-order valence-electron chi connectivity index (χ1n) is 6.36. The van der Waals surface area contributed by atoms with Crippen molar-refractivity contribution in [1.29, 1.82) is 0 Å². The average Bonchev–Trinajstić information content (AvgIpc) is 2.44. The number of nitrogens with two attached hydrogens (primary N) is 1. The number of hydrogen-bond donors (Lipinski definition) is 2. The van der Waals surface area contributed by atoms with Crippen LogP contribution in [0.5, 0.6) is 0 Å². The summed E-state index contributed by atoms with van der Waals surface area (Å²) in [6.45, 7) is 2.55. The number of nitrogens with zero attached hydrogens (tertiary/aromatic N) is 1. The summed E-state index contributed by atoms with van der Waals surface area (Å²) in [4.78, 5) is 13.0. The van der Waals surface area contributed by atoms with E-state index in [2.05, 4.69) is 10.2 Å². The first kappa shape index (κ1) is 14.3. The van der Waals surface area contributed by atoms with Crippen molar-refractivity contribution in [2.75, 3.05) is 33.9 Å². The zero-order chi connectivity index (χ0) is 12.7. The molecule has 2 amide bonds. The highest BCUT2D eigenvalue weighted by atomic mass is 16.5. The van der Waals surface area contributed by atoms with Crippen molar-refractivity contribution in [3.8, 4) is 0 Å². The lowest BCUT2D eigenvalue weighted by Crippen LogP contribution is -2.45. The van der Waals surface area contributed by atoms with Crippen molar-refractivity contribution in [3.05, 3.63) is 0 Å². The Kier molecular flexibility index (Phi) is 6.29. The predicted molar refractivity (Wildman–Crippen MR) is 67.8 cm³/mol. The first-order chi connectivity index (χ1) is 8.08. The predicted octanol–water partition coefficient (Wildman–Crippen LogP) is 0.792. The van der Waals surface area contributed by atoms with Gasteiger partial charge in [-0.2, -0.15) is 0 Å². The van der Waals surface area contributed by atoms with Gasteiger partial charge in [0.1, 0.15) is 0 Å². The van der Waals surface area contributed by atoms with E-state index >= 15 is 0 Å². The monoisotopic (exact) mass is 243 g/mol. The van der Waals surface area contributed by atoms with Gasteiger partial charge in [0.25, 0.3) is 0 Å². The van der Waals surface area contributed by atoms with E-state index in [4.69, 9.17) is 10.5 Å². The molecule has 1 unspecified atom stereocenters. The van der Waals surface area contributed by atoms with Crippen molar-refractivity contribution in [1.82, 2.24) is 10.2 Å². The van der Waals surface area contributed by atoms with E-state index in [9.17, 15) is 4.79 Å². The maximum atomic E-state index is 11.0. The van der Waals surface area contributed by atoms with Crippen LogP contribution >= 0.6 is 0 Å². The Morgan fingerprint density at radius 1 is 1.47 bits per heavy atom. The van der Waals surface area contributed by atoms with Gasteiger partial charge >= 0.3 is 6.03 Å². The molecule has 1 rings (SSSR count). The zero-order valence-corrected chi connectivity index (χ0v) is 10.9. The van der Waals surface area contributed by atoms with Gasteiger partial charge in [-0.25, -0.2) is 4.79 Å². The number of rotatable bonds is 5. The third-order valence-corrected chi connectivity index (χ3v) is 3.12. The fraction of sp³-hybridized carbons (Fsp3) is 0.917. The van der Waals surface area contributed by atoms with Crippen LogP contribution in [0.1, 0.15) is 25.7 Å². The maximum absolute atomic E-state index is 11.0. The molecule has 17 heavy (non-hydrogen) atoms. The molecule has 0 aromatic carbocycles. The van der Waals surface area contributed by atoms with Crippen molar-refractivity contribution in [2.45, 2.75) is 31.7 Å². The Bertz CT molecular complexity index is 226. The van der Waals surface area contributed by atoms with Gasteiger partial charge in [0.05, 0.1) is 0 Å². The number of primary amides is 1. The molecule has 3 N–H and O–H groups in total. The number of nitrogens with one attached hydrogen (secondary N) is 1. The molecule has 5 nitrogen and oxygen atoms in total. The summed E-state index contributed by atoms with van der Waals surface area (Å²) in [5.74, 6) is 0.634. The van der Waals surface area contributed by atoms with E-state index in [0.29, 0.717) is 5.92 Å². The minimum Gasteiger partial charge on any atom is -0.381 e. The highest BCUT2D eigenvalue weighted by Crippen LogP contribution is 2.21. The lowest BCUT2D eigenvalue weighted by Gasteiger charge is -2.25. The maximum Gasteiger partial charge on any atom is 0.312 e. The molecule has 2 atom stereocenters. The summed E-state index contributed by atoms with van der Waals surface area (Å²) in [5, 5.41) is 2.84. The quantitative estimate of drug-likeness (QED) is 0.750. The molecule has 100 valence electrons. The van der Waals surface area contributed by atoms with Crippen LogP contribution in [0.4, 0.5) is 4.79 Å². The fourth-order valence-electron chi connectivity index (χ4n) is 2.43. The van der Waals surface area contributed by atoms with E-state index in [1.807, 2.05) is 14.1 Å². The second kappa shape index (κ2) is 7.50. The van der Waals surface area contributed by atoms with Crippen molar-refractivity contribution < 1.29 is 9.53 Å². The van der Waals surface area contributed by atoms with E-state index < -0.39 is 6.03 Å². The first-order valence-corrected chi connectivity index (χ1v) is 6.36. The Morgan fingerprint density at radius 2 is 2.24 bits per heavy atom. The molecule has 0 spiro atoms. The van der Waals surface area contributed by atoms with Crippen LogP contribution in [0.3, 0.4) is 0 Å². The number of urea groups is 1. The Balaban J connectivity index is 2.42. The van der Waals surface area contributed by atoms with Gasteiger partial charge in [-0.05, 0) is 45.7 Å². The van der Waals surface area contributed by atoms with Crippen molar-refractivity contribution >= 4 is 6.03 Å². The largest absolute Gasteiger partial charge is 0.381 e. The summed E-state index contributed by atoms with van der Waals surface area (Å²) in [7, 11) is 4.01. The summed E-state index contributed by atoms with van der Waals surface area (Å²) < 4.78 is 5.45. The van der Waals surface area contributed by atoms with Crippen LogP contribution in [0.25, 0.3) is 0 Å². The summed E-state index contributed by atoms with van der Waals surface area (Å²) in [6.07, 6.45) is 4.38. The van der Waals surface area contributed by atoms with Gasteiger partial charge in [0.15, 0.2) is 0 Å². The van der Waals surface area contributed by atoms with Crippen molar-refractivity contribution in [3.63, 3.8) is 0 Å². The van der Waals surface area contributed by atoms with Crippen LogP contribution in [-0.2, 0) is 4.74 Å². The molecule has 1 aliphatic heterocycles. The Morgan fingerprint density at radius 3 is 2.88 bits per heavy atom. The molecule has 1 saturated heterocycles. The zero-order valence-electron chi connectivity index (χ0n) is 10.9. The lowest BCUT2D eigenvalue weighted by molar-refractivity contribution is 0.140. The van der Waals surface area contributed by atoms with E-state index in [0.717, 1.165) is 39.0 Å². The minimum atomic E-state index is -0.429. The van der Waals surface area contributed by atoms with Gasteiger partial charge in [-0.1, -0.05) is 0 Å². The van der Waals surface area contributed by atoms with Crippen LogP contribution < -0.4 is 11.1 Å². The molecule has 1 heterocycles. The second-order valence-electron chi connectivity index (χ2n) is 5.11. The number of amides is 2. The van der Waals surface area contributed by atoms with E-state index in [1.54, 1.807) is 0 Å². The molecule has 1 fully saturated rings. The summed E-state index contributed by atoms with van der Waals surface area (Å²) in [5.41, 5.74) is 5.21. The molecule has 0 aliphatic carbocycles. The molecule has 0 aromatic rings. The SMILES string of the molecule is CN(C)C[C@H](CC1CCCOCC1)NC(N)=O. The molecule has 5 heteroatoms. The number of likely N-dealkylation sites (N-methyl/N-ethyl adjacent to an activating group) is 1. The Labute approximate surface area is 104 Å². The van der Waals surface area contributed by atoms with Crippen molar-refractivity contribution in [2.24, 2.45) is 11.7 Å². The Hall–Kier alpha value is -0.810. The molecule has 0 bridgehead atoms. The second-order valence-corrected chi connectivity index (χ2v) is 5.11. The lowest BCUT2D eigenvalue weighted by atomic mass is 9.92. The summed E-state index contributed by atoms with van der Waals surface area (Å²) in [6, 6.07) is -0.285. The average molecular weight is 243 g/mol. The third-order valence-electron chi connectivity index (χ3n) is 3.12. The van der Waals surface area contributed by atoms with Gasteiger partial charge < -0.3 is 20.7 Å². The molecule has 0 radical (unpaired) electrons. The molecule has 1 aliphatic rings. The highest BCUT2D eigenvalue weighted by molar-refractivity contribution is 5.71. The summed E-state index contributed by atoms with van der Waals surface area (Å²) >= 11 is 0. The van der Waals surface area contributed by atoms with Crippen LogP contribution in [0.2, 0.25) is 0 Å². The van der Waals surface area contributed by atoms with Gasteiger partial charge in [-0.3, -0.25) is 0 Å². The molecule has 0 saturated carbocycles. The number of hydrogen-bond acceptors (Lipinski definition) is 3.